The van der Waals surface area contributed by atoms with E-state index in [4.69, 9.17) is 4.74 Å². The molecule has 0 atom stereocenters. The Morgan fingerprint density at radius 3 is 2.72 bits per heavy atom. The number of benzene rings is 1. The molecule has 0 radical (unpaired) electrons. The van der Waals surface area contributed by atoms with Crippen LogP contribution in [0.2, 0.25) is 0 Å². The molecule has 8 heteroatoms. The first-order valence-electron chi connectivity index (χ1n) is 9.63. The van der Waals surface area contributed by atoms with Crippen LogP contribution < -0.4 is 25.2 Å². The fourth-order valence-corrected chi connectivity index (χ4v) is 3.18. The third-order valence-electron chi connectivity index (χ3n) is 4.77. The van der Waals surface area contributed by atoms with Gasteiger partial charge in [-0.2, -0.15) is 0 Å². The highest BCUT2D eigenvalue weighted by Gasteiger charge is 2.23. The normalized spacial score (nSPS) is 13.8. The number of methoxy groups -OCH3 is 1. The number of hydrogen-bond acceptors (Lipinski definition) is 5. The van der Waals surface area contributed by atoms with E-state index in [2.05, 4.69) is 15.6 Å². The van der Waals surface area contributed by atoms with Crippen molar-refractivity contribution >= 4 is 29.1 Å². The van der Waals surface area contributed by atoms with Gasteiger partial charge in [-0.05, 0) is 42.7 Å². The first-order valence-corrected chi connectivity index (χ1v) is 9.63. The summed E-state index contributed by atoms with van der Waals surface area (Å²) in [5, 5.41) is 5.63. The zero-order valence-electron chi connectivity index (χ0n) is 17.1. The maximum atomic E-state index is 12.3. The molecule has 8 nitrogen and oxygen atoms in total. The number of ether oxygens (including phenoxy) is 1. The van der Waals surface area contributed by atoms with E-state index < -0.39 is 0 Å². The lowest BCUT2D eigenvalue weighted by Crippen LogP contribution is -2.35. The number of carbonyl (C=O) groups excluding carboxylic acids is 2. The third kappa shape index (κ3) is 5.16. The molecule has 0 spiro atoms. The molecule has 2 aromatic rings. The Bertz CT molecular complexity index is 867. The SMILES string of the molecule is COc1ccc(NC(=O)NCc2ccc(N(C)C)nc2)cc1N1CCCCC1=O. The van der Waals surface area contributed by atoms with E-state index >= 15 is 0 Å². The molecule has 154 valence electrons. The summed E-state index contributed by atoms with van der Waals surface area (Å²) in [4.78, 5) is 32.6. The van der Waals surface area contributed by atoms with E-state index in [0.717, 1.165) is 24.2 Å². The van der Waals surface area contributed by atoms with Gasteiger partial charge in [0.2, 0.25) is 5.91 Å². The molecular weight excluding hydrogens is 370 g/mol. The van der Waals surface area contributed by atoms with Crippen LogP contribution in [-0.4, -0.2) is 44.7 Å². The van der Waals surface area contributed by atoms with Gasteiger partial charge in [0.05, 0.1) is 12.8 Å². The minimum atomic E-state index is -0.331. The number of nitrogens with one attached hydrogen (secondary N) is 2. The van der Waals surface area contributed by atoms with Crippen LogP contribution in [0, 0.1) is 0 Å². The quantitative estimate of drug-likeness (QED) is 0.783. The van der Waals surface area contributed by atoms with E-state index in [0.29, 0.717) is 36.6 Å². The van der Waals surface area contributed by atoms with Crippen LogP contribution in [-0.2, 0) is 11.3 Å². The van der Waals surface area contributed by atoms with E-state index in [9.17, 15) is 9.59 Å². The maximum Gasteiger partial charge on any atom is 0.319 e. The van der Waals surface area contributed by atoms with Gasteiger partial charge < -0.3 is 25.2 Å². The fraction of sp³-hybridized carbons (Fsp3) is 0.381. The van der Waals surface area contributed by atoms with Crippen LogP contribution in [0.15, 0.2) is 36.5 Å². The van der Waals surface area contributed by atoms with Gasteiger partial charge in [0.25, 0.3) is 0 Å². The van der Waals surface area contributed by atoms with Crippen molar-refractivity contribution in [1.29, 1.82) is 0 Å². The highest BCUT2D eigenvalue weighted by Crippen LogP contribution is 2.33. The number of carbonyl (C=O) groups is 2. The number of aromatic nitrogens is 1. The molecule has 0 bridgehead atoms. The summed E-state index contributed by atoms with van der Waals surface area (Å²) < 4.78 is 5.41. The Balaban J connectivity index is 1.64. The van der Waals surface area contributed by atoms with Gasteiger partial charge in [0.1, 0.15) is 11.6 Å². The van der Waals surface area contributed by atoms with Gasteiger partial charge in [-0.25, -0.2) is 9.78 Å². The molecule has 2 N–H and O–H groups in total. The van der Waals surface area contributed by atoms with E-state index in [-0.39, 0.29) is 11.9 Å². The van der Waals surface area contributed by atoms with Gasteiger partial charge in [0, 0.05) is 45.5 Å². The van der Waals surface area contributed by atoms with Crippen molar-refractivity contribution in [2.24, 2.45) is 0 Å². The molecule has 0 saturated carbocycles. The molecule has 1 aromatic carbocycles. The van der Waals surface area contributed by atoms with Crippen molar-refractivity contribution in [2.75, 3.05) is 42.9 Å². The highest BCUT2D eigenvalue weighted by atomic mass is 16.5. The highest BCUT2D eigenvalue weighted by molar-refractivity contribution is 5.97. The lowest BCUT2D eigenvalue weighted by atomic mass is 10.1. The number of urea groups is 1. The van der Waals surface area contributed by atoms with Crippen molar-refractivity contribution in [1.82, 2.24) is 10.3 Å². The summed E-state index contributed by atoms with van der Waals surface area (Å²) in [6.07, 6.45) is 4.13. The lowest BCUT2D eigenvalue weighted by Gasteiger charge is -2.28. The molecule has 3 amide bonds. The largest absolute Gasteiger partial charge is 0.495 e. The van der Waals surface area contributed by atoms with E-state index in [1.165, 1.54) is 0 Å². The number of piperidine rings is 1. The van der Waals surface area contributed by atoms with Crippen LogP contribution in [0.3, 0.4) is 0 Å². The van der Waals surface area contributed by atoms with Crippen molar-refractivity contribution < 1.29 is 14.3 Å². The zero-order valence-corrected chi connectivity index (χ0v) is 17.1. The van der Waals surface area contributed by atoms with Crippen molar-refractivity contribution in [3.8, 4) is 5.75 Å². The third-order valence-corrected chi connectivity index (χ3v) is 4.77. The maximum absolute atomic E-state index is 12.3. The molecule has 1 aliphatic rings. The summed E-state index contributed by atoms with van der Waals surface area (Å²) in [5.74, 6) is 1.54. The van der Waals surface area contributed by atoms with Gasteiger partial charge in [-0.3, -0.25) is 4.79 Å². The zero-order chi connectivity index (χ0) is 20.8. The summed E-state index contributed by atoms with van der Waals surface area (Å²) in [6, 6.07) is 8.79. The molecule has 1 fully saturated rings. The van der Waals surface area contributed by atoms with Crippen LogP contribution in [0.25, 0.3) is 0 Å². The molecule has 0 unspecified atom stereocenters. The average Bonchev–Trinajstić information content (AvgIpc) is 2.73. The van der Waals surface area contributed by atoms with E-state index in [1.54, 1.807) is 36.4 Å². The second kappa shape index (κ2) is 9.27. The minimum absolute atomic E-state index is 0.0739. The standard InChI is InChI=1S/C21H27N5O3/c1-25(2)19-10-7-15(13-22-19)14-23-21(28)24-16-8-9-18(29-3)17(12-16)26-11-5-4-6-20(26)27/h7-10,12-13H,4-6,11,14H2,1-3H3,(H2,23,24,28). The predicted molar refractivity (Wildman–Crippen MR) is 114 cm³/mol. The van der Waals surface area contributed by atoms with Crippen LogP contribution >= 0.6 is 0 Å². The Hall–Kier alpha value is -3.29. The summed E-state index contributed by atoms with van der Waals surface area (Å²) in [7, 11) is 5.42. The first-order chi connectivity index (χ1) is 14.0. The van der Waals surface area contributed by atoms with Crippen LogP contribution in [0.5, 0.6) is 5.75 Å². The van der Waals surface area contributed by atoms with Crippen molar-refractivity contribution in [3.63, 3.8) is 0 Å². The molecule has 2 heterocycles. The molecular formula is C21H27N5O3. The molecule has 1 aliphatic heterocycles. The monoisotopic (exact) mass is 397 g/mol. The van der Waals surface area contributed by atoms with Crippen LogP contribution in [0.4, 0.5) is 22.0 Å². The number of hydrogen-bond donors (Lipinski definition) is 2. The molecule has 0 aliphatic carbocycles. The molecule has 1 aromatic heterocycles. The second-order valence-electron chi connectivity index (χ2n) is 7.12. The minimum Gasteiger partial charge on any atom is -0.495 e. The number of amides is 3. The average molecular weight is 397 g/mol. The smallest absolute Gasteiger partial charge is 0.319 e. The predicted octanol–water partition coefficient (Wildman–Crippen LogP) is 2.99. The fourth-order valence-electron chi connectivity index (χ4n) is 3.18. The number of pyridine rings is 1. The first kappa shape index (κ1) is 20.4. The number of nitrogens with zero attached hydrogens (tertiary/aromatic N) is 3. The van der Waals surface area contributed by atoms with Gasteiger partial charge in [0.15, 0.2) is 0 Å². The Morgan fingerprint density at radius 2 is 2.07 bits per heavy atom. The summed E-state index contributed by atoms with van der Waals surface area (Å²) in [5.41, 5.74) is 2.18. The van der Waals surface area contributed by atoms with Crippen molar-refractivity contribution in [2.45, 2.75) is 25.8 Å². The molecule has 29 heavy (non-hydrogen) atoms. The van der Waals surface area contributed by atoms with Crippen LogP contribution in [0.1, 0.15) is 24.8 Å². The Morgan fingerprint density at radius 1 is 1.24 bits per heavy atom. The number of anilines is 3. The van der Waals surface area contributed by atoms with Crippen molar-refractivity contribution in [3.05, 3.63) is 42.1 Å². The summed E-state index contributed by atoms with van der Waals surface area (Å²) >= 11 is 0. The Labute approximate surface area is 170 Å². The summed E-state index contributed by atoms with van der Waals surface area (Å²) in [6.45, 7) is 1.01. The van der Waals surface area contributed by atoms with Gasteiger partial charge in [-0.1, -0.05) is 6.07 Å². The van der Waals surface area contributed by atoms with E-state index in [1.807, 2.05) is 31.1 Å². The molecule has 3 rings (SSSR count). The van der Waals surface area contributed by atoms with Gasteiger partial charge in [-0.15, -0.1) is 0 Å². The number of rotatable bonds is 6. The topological polar surface area (TPSA) is 86.8 Å². The van der Waals surface area contributed by atoms with Gasteiger partial charge >= 0.3 is 6.03 Å². The lowest BCUT2D eigenvalue weighted by molar-refractivity contribution is -0.119. The molecule has 1 saturated heterocycles. The Kier molecular flexibility index (Phi) is 6.54. The second-order valence-corrected chi connectivity index (χ2v) is 7.12.